The van der Waals surface area contributed by atoms with E-state index in [1.807, 2.05) is 37.3 Å². The first-order valence-corrected chi connectivity index (χ1v) is 9.19. The molecular weight excluding hydrogens is 356 g/mol. The number of hydrogen-bond acceptors (Lipinski definition) is 5. The Morgan fingerprint density at radius 3 is 2.46 bits per heavy atom. The lowest BCUT2D eigenvalue weighted by atomic mass is 10.1. The number of hydrogen-bond donors (Lipinski definition) is 0. The van der Waals surface area contributed by atoms with Crippen molar-refractivity contribution in [3.8, 4) is 11.8 Å². The van der Waals surface area contributed by atoms with Gasteiger partial charge in [-0.2, -0.15) is 5.26 Å². The molecule has 0 saturated heterocycles. The van der Waals surface area contributed by atoms with Gasteiger partial charge in [-0.15, -0.1) is 0 Å². The number of anilines is 1. The van der Waals surface area contributed by atoms with E-state index in [-0.39, 0.29) is 11.9 Å². The van der Waals surface area contributed by atoms with E-state index in [4.69, 9.17) is 14.7 Å². The molecule has 3 rings (SSSR count). The van der Waals surface area contributed by atoms with Gasteiger partial charge in [-0.1, -0.05) is 18.2 Å². The van der Waals surface area contributed by atoms with E-state index in [2.05, 4.69) is 0 Å². The Kier molecular flexibility index (Phi) is 5.65. The lowest BCUT2D eigenvalue weighted by Crippen LogP contribution is -2.44. The molecule has 3 atom stereocenters. The largest absolute Gasteiger partial charge is 0.479 e. The minimum atomic E-state index is -0.923. The monoisotopic (exact) mass is 378 g/mol. The van der Waals surface area contributed by atoms with Crippen LogP contribution in [0.25, 0.3) is 0 Å². The molecule has 1 aliphatic heterocycles. The molecule has 1 aliphatic rings. The predicted molar refractivity (Wildman–Crippen MR) is 104 cm³/mol. The van der Waals surface area contributed by atoms with Crippen LogP contribution in [0.15, 0.2) is 48.5 Å². The predicted octanol–water partition coefficient (Wildman–Crippen LogP) is 3.24. The van der Waals surface area contributed by atoms with Crippen molar-refractivity contribution in [1.29, 1.82) is 5.26 Å². The van der Waals surface area contributed by atoms with Crippen LogP contribution >= 0.6 is 0 Å². The second-order valence-corrected chi connectivity index (χ2v) is 6.87. The van der Waals surface area contributed by atoms with Crippen molar-refractivity contribution in [3.63, 3.8) is 0 Å². The summed E-state index contributed by atoms with van der Waals surface area (Å²) < 4.78 is 10.9. The second-order valence-electron chi connectivity index (χ2n) is 6.87. The van der Waals surface area contributed by atoms with Gasteiger partial charge in [0.05, 0.1) is 11.6 Å². The number of rotatable bonds is 5. The maximum atomic E-state index is 12.9. The number of para-hydroxylation sites is 1. The summed E-state index contributed by atoms with van der Waals surface area (Å²) in [7, 11) is 0. The standard InChI is InChI=1S/C22H22N2O4/c1-14-12-18-6-4-5-7-20(18)24(14)21(25)15(2)28-22(26)16(3)27-19-10-8-17(13-23)9-11-19/h4-11,14-16H,12H2,1-3H3/t14-,15+,16-/m1/s1. The molecule has 6 heteroatoms. The topological polar surface area (TPSA) is 79.6 Å². The van der Waals surface area contributed by atoms with E-state index < -0.39 is 18.2 Å². The van der Waals surface area contributed by atoms with Crippen LogP contribution in [-0.4, -0.2) is 30.1 Å². The van der Waals surface area contributed by atoms with E-state index in [0.29, 0.717) is 11.3 Å². The quantitative estimate of drug-likeness (QED) is 0.746. The SMILES string of the molecule is C[C@H](OC(=O)[C@@H](C)Oc1ccc(C#N)cc1)C(=O)N1c2ccccc2C[C@H]1C. The van der Waals surface area contributed by atoms with Crippen molar-refractivity contribution in [3.05, 3.63) is 59.7 Å². The molecule has 6 nitrogen and oxygen atoms in total. The first kappa shape index (κ1) is 19.4. The van der Waals surface area contributed by atoms with Crippen LogP contribution in [0.2, 0.25) is 0 Å². The van der Waals surface area contributed by atoms with Crippen LogP contribution in [0.4, 0.5) is 5.69 Å². The maximum absolute atomic E-state index is 12.9. The summed E-state index contributed by atoms with van der Waals surface area (Å²) in [4.78, 5) is 26.9. The molecule has 28 heavy (non-hydrogen) atoms. The fourth-order valence-corrected chi connectivity index (χ4v) is 3.28. The molecule has 0 unspecified atom stereocenters. The number of carbonyl (C=O) groups is 2. The van der Waals surface area contributed by atoms with E-state index in [0.717, 1.165) is 17.7 Å². The van der Waals surface area contributed by atoms with Crippen molar-refractivity contribution in [2.24, 2.45) is 0 Å². The minimum Gasteiger partial charge on any atom is -0.479 e. The first-order chi connectivity index (χ1) is 13.4. The molecule has 1 heterocycles. The third kappa shape index (κ3) is 3.99. The summed E-state index contributed by atoms with van der Waals surface area (Å²) in [5, 5.41) is 8.82. The van der Waals surface area contributed by atoms with Gasteiger partial charge in [-0.25, -0.2) is 4.79 Å². The number of benzene rings is 2. The molecule has 0 bridgehead atoms. The Bertz CT molecular complexity index is 917. The van der Waals surface area contributed by atoms with Crippen LogP contribution < -0.4 is 9.64 Å². The Morgan fingerprint density at radius 1 is 1.11 bits per heavy atom. The van der Waals surface area contributed by atoms with E-state index in [9.17, 15) is 9.59 Å². The van der Waals surface area contributed by atoms with Crippen molar-refractivity contribution in [2.75, 3.05) is 4.90 Å². The second kappa shape index (κ2) is 8.13. The molecule has 1 amide bonds. The van der Waals surface area contributed by atoms with Crippen molar-refractivity contribution in [2.45, 2.75) is 45.4 Å². The smallest absolute Gasteiger partial charge is 0.347 e. The molecule has 0 fully saturated rings. The van der Waals surface area contributed by atoms with Crippen molar-refractivity contribution < 1.29 is 19.1 Å². The number of amides is 1. The van der Waals surface area contributed by atoms with Crippen LogP contribution in [0, 0.1) is 11.3 Å². The average molecular weight is 378 g/mol. The molecular formula is C22H22N2O4. The number of carbonyl (C=O) groups excluding carboxylic acids is 2. The molecule has 2 aromatic carbocycles. The number of nitrogens with zero attached hydrogens (tertiary/aromatic N) is 2. The third-order valence-corrected chi connectivity index (χ3v) is 4.71. The molecule has 144 valence electrons. The Labute approximate surface area is 164 Å². The molecule has 0 N–H and O–H groups in total. The fourth-order valence-electron chi connectivity index (χ4n) is 3.28. The van der Waals surface area contributed by atoms with E-state index >= 15 is 0 Å². The van der Waals surface area contributed by atoms with Gasteiger partial charge in [0.25, 0.3) is 5.91 Å². The minimum absolute atomic E-state index is 0.0124. The Balaban J connectivity index is 1.61. The average Bonchev–Trinajstić information content (AvgIpc) is 3.03. The number of ether oxygens (including phenoxy) is 2. The fraction of sp³-hybridized carbons (Fsp3) is 0.318. The van der Waals surface area contributed by atoms with Gasteiger partial charge in [0.2, 0.25) is 0 Å². The summed E-state index contributed by atoms with van der Waals surface area (Å²) in [6, 6.07) is 16.2. The maximum Gasteiger partial charge on any atom is 0.347 e. The summed E-state index contributed by atoms with van der Waals surface area (Å²) in [6.45, 7) is 5.11. The van der Waals surface area contributed by atoms with Gasteiger partial charge >= 0.3 is 5.97 Å². The van der Waals surface area contributed by atoms with Crippen molar-refractivity contribution in [1.82, 2.24) is 0 Å². The summed E-state index contributed by atoms with van der Waals surface area (Å²) in [5.41, 5.74) is 2.48. The Morgan fingerprint density at radius 2 is 1.79 bits per heavy atom. The zero-order chi connectivity index (χ0) is 20.3. The molecule has 0 spiro atoms. The van der Waals surface area contributed by atoms with Crippen LogP contribution in [-0.2, 0) is 20.7 Å². The number of fused-ring (bicyclic) bond motifs is 1. The van der Waals surface area contributed by atoms with Crippen LogP contribution in [0.5, 0.6) is 5.75 Å². The number of esters is 1. The van der Waals surface area contributed by atoms with E-state index in [1.165, 1.54) is 0 Å². The highest BCUT2D eigenvalue weighted by atomic mass is 16.6. The van der Waals surface area contributed by atoms with Crippen molar-refractivity contribution >= 4 is 17.6 Å². The normalized spacial score (nSPS) is 17.2. The summed E-state index contributed by atoms with van der Waals surface area (Å²) >= 11 is 0. The lowest BCUT2D eigenvalue weighted by Gasteiger charge is -2.26. The van der Waals surface area contributed by atoms with E-state index in [1.54, 1.807) is 43.0 Å². The third-order valence-electron chi connectivity index (χ3n) is 4.71. The zero-order valence-electron chi connectivity index (χ0n) is 16.1. The molecule has 0 radical (unpaired) electrons. The highest BCUT2D eigenvalue weighted by Crippen LogP contribution is 2.32. The molecule has 0 saturated carbocycles. The van der Waals surface area contributed by atoms with Gasteiger partial charge in [-0.05, 0) is 63.1 Å². The highest BCUT2D eigenvalue weighted by molar-refractivity contribution is 5.99. The molecule has 0 aliphatic carbocycles. The first-order valence-electron chi connectivity index (χ1n) is 9.19. The van der Waals surface area contributed by atoms with Gasteiger partial charge in [0, 0.05) is 11.7 Å². The lowest BCUT2D eigenvalue weighted by molar-refractivity contribution is -0.160. The number of nitriles is 1. The van der Waals surface area contributed by atoms with Gasteiger partial charge < -0.3 is 14.4 Å². The summed E-state index contributed by atoms with van der Waals surface area (Å²) in [6.07, 6.45) is -1.03. The Hall–Kier alpha value is -3.33. The summed E-state index contributed by atoms with van der Waals surface area (Å²) in [5.74, 6) is -0.425. The molecule has 0 aromatic heterocycles. The highest BCUT2D eigenvalue weighted by Gasteiger charge is 2.35. The van der Waals surface area contributed by atoms with Gasteiger partial charge in [0.1, 0.15) is 5.75 Å². The van der Waals surface area contributed by atoms with Crippen LogP contribution in [0.1, 0.15) is 31.9 Å². The van der Waals surface area contributed by atoms with Gasteiger partial charge in [-0.3, -0.25) is 4.79 Å². The van der Waals surface area contributed by atoms with Gasteiger partial charge in [0.15, 0.2) is 12.2 Å². The zero-order valence-corrected chi connectivity index (χ0v) is 16.1. The van der Waals surface area contributed by atoms with Crippen LogP contribution in [0.3, 0.4) is 0 Å². The molecule has 2 aromatic rings.